The first kappa shape index (κ1) is 22.5. The van der Waals surface area contributed by atoms with E-state index >= 15 is 0 Å². The van der Waals surface area contributed by atoms with Gasteiger partial charge in [0.05, 0.1) is 17.7 Å². The number of hydrogen-bond donors (Lipinski definition) is 1. The van der Waals surface area contributed by atoms with E-state index < -0.39 is 11.9 Å². The van der Waals surface area contributed by atoms with E-state index in [1.807, 2.05) is 19.9 Å². The van der Waals surface area contributed by atoms with Crippen molar-refractivity contribution in [3.8, 4) is 0 Å². The molecule has 0 saturated heterocycles. The van der Waals surface area contributed by atoms with E-state index in [0.29, 0.717) is 22.6 Å². The summed E-state index contributed by atoms with van der Waals surface area (Å²) in [6.07, 6.45) is 6.88. The van der Waals surface area contributed by atoms with Gasteiger partial charge >= 0.3 is 5.97 Å². The first-order valence-corrected chi connectivity index (χ1v) is 9.47. The fraction of sp³-hybridized carbons (Fsp3) is 0.455. The number of rotatable bonds is 6. The van der Waals surface area contributed by atoms with Gasteiger partial charge in [0.1, 0.15) is 0 Å². The monoisotopic (exact) mass is 399 g/mol. The molecule has 0 aromatic carbocycles. The Morgan fingerprint density at radius 3 is 2.10 bits per heavy atom. The standard InChI is InChI=1S/C22H29N3O4/c1-21(2,3)17-10-16(12-24-13-17)20(27)29-8-7-22(4,5)18-9-15(11-23-14-18)19(26)25(6)28/h9-14,28H,7-8H2,1-6H3. The van der Waals surface area contributed by atoms with E-state index in [9.17, 15) is 14.8 Å². The van der Waals surface area contributed by atoms with Crippen LogP contribution in [0.5, 0.6) is 0 Å². The highest BCUT2D eigenvalue weighted by atomic mass is 16.5. The zero-order valence-electron chi connectivity index (χ0n) is 17.9. The fourth-order valence-electron chi connectivity index (χ4n) is 2.70. The summed E-state index contributed by atoms with van der Waals surface area (Å²) in [5.41, 5.74) is 2.01. The van der Waals surface area contributed by atoms with Crippen molar-refractivity contribution in [3.05, 3.63) is 59.2 Å². The van der Waals surface area contributed by atoms with Gasteiger partial charge in [-0.1, -0.05) is 34.6 Å². The molecule has 0 unspecified atom stereocenters. The molecule has 0 fully saturated rings. The van der Waals surface area contributed by atoms with Crippen molar-refractivity contribution in [2.75, 3.05) is 13.7 Å². The third kappa shape index (κ3) is 5.84. The Kier molecular flexibility index (Phi) is 6.74. The molecule has 2 aromatic rings. The number of carbonyl (C=O) groups is 2. The lowest BCUT2D eigenvalue weighted by atomic mass is 9.82. The molecule has 2 heterocycles. The van der Waals surface area contributed by atoms with Gasteiger partial charge in [0, 0.05) is 31.8 Å². The predicted molar refractivity (Wildman–Crippen MR) is 109 cm³/mol. The summed E-state index contributed by atoms with van der Waals surface area (Å²) in [5, 5.41) is 9.87. The maximum Gasteiger partial charge on any atom is 0.339 e. The number of hydrogen-bond acceptors (Lipinski definition) is 6. The average molecular weight is 399 g/mol. The molecular formula is C22H29N3O4. The first-order valence-electron chi connectivity index (χ1n) is 9.47. The van der Waals surface area contributed by atoms with Gasteiger partial charge in [-0.15, -0.1) is 0 Å². The third-order valence-corrected chi connectivity index (χ3v) is 4.86. The second kappa shape index (κ2) is 8.69. The third-order valence-electron chi connectivity index (χ3n) is 4.86. The number of pyridine rings is 2. The smallest absolute Gasteiger partial charge is 0.339 e. The number of esters is 1. The molecule has 2 aromatic heterocycles. The summed E-state index contributed by atoms with van der Waals surface area (Å²) >= 11 is 0. The Hall–Kier alpha value is -2.80. The molecule has 7 heteroatoms. The SMILES string of the molecule is CN(O)C(=O)c1cncc(C(C)(C)CCOC(=O)c2cncc(C(C)(C)C)c2)c1. The van der Waals surface area contributed by atoms with Gasteiger partial charge < -0.3 is 4.74 Å². The highest BCUT2D eigenvalue weighted by Gasteiger charge is 2.24. The average Bonchev–Trinajstić information content (AvgIpc) is 2.66. The summed E-state index contributed by atoms with van der Waals surface area (Å²) in [6, 6.07) is 3.51. The molecule has 0 saturated carbocycles. The van der Waals surface area contributed by atoms with Crippen LogP contribution in [0.3, 0.4) is 0 Å². The van der Waals surface area contributed by atoms with Crippen molar-refractivity contribution in [3.63, 3.8) is 0 Å². The number of ether oxygens (including phenoxy) is 1. The topological polar surface area (TPSA) is 92.6 Å². The summed E-state index contributed by atoms with van der Waals surface area (Å²) in [5.74, 6) is -0.948. The Labute approximate surface area is 171 Å². The van der Waals surface area contributed by atoms with E-state index in [-0.39, 0.29) is 17.4 Å². The minimum absolute atomic E-state index is 0.108. The van der Waals surface area contributed by atoms with Crippen molar-refractivity contribution in [2.45, 2.75) is 51.9 Å². The van der Waals surface area contributed by atoms with Crippen molar-refractivity contribution in [1.29, 1.82) is 0 Å². The van der Waals surface area contributed by atoms with E-state index in [4.69, 9.17) is 4.74 Å². The summed E-state index contributed by atoms with van der Waals surface area (Å²) < 4.78 is 5.45. The van der Waals surface area contributed by atoms with Gasteiger partial charge in [-0.25, -0.2) is 9.86 Å². The van der Waals surface area contributed by atoms with Gasteiger partial charge in [0.25, 0.3) is 5.91 Å². The fourth-order valence-corrected chi connectivity index (χ4v) is 2.70. The highest BCUT2D eigenvalue weighted by Crippen LogP contribution is 2.27. The zero-order valence-corrected chi connectivity index (χ0v) is 17.9. The Morgan fingerprint density at radius 2 is 1.52 bits per heavy atom. The van der Waals surface area contributed by atoms with Crippen LogP contribution < -0.4 is 0 Å². The van der Waals surface area contributed by atoms with Gasteiger partial charge in [-0.05, 0) is 40.5 Å². The molecule has 1 N–H and O–H groups in total. The molecule has 0 aliphatic carbocycles. The van der Waals surface area contributed by atoms with Crippen LogP contribution in [0.25, 0.3) is 0 Å². The van der Waals surface area contributed by atoms with Gasteiger partial charge in [-0.3, -0.25) is 20.0 Å². The van der Waals surface area contributed by atoms with Crippen molar-refractivity contribution in [1.82, 2.24) is 15.0 Å². The van der Waals surface area contributed by atoms with Gasteiger partial charge in [0.2, 0.25) is 0 Å². The lowest BCUT2D eigenvalue weighted by Crippen LogP contribution is -2.25. The quantitative estimate of drug-likeness (QED) is 0.452. The van der Waals surface area contributed by atoms with Crippen molar-refractivity contribution in [2.24, 2.45) is 0 Å². The summed E-state index contributed by atoms with van der Waals surface area (Å²) in [7, 11) is 1.27. The second-order valence-corrected chi connectivity index (χ2v) is 8.77. The molecule has 0 aliphatic heterocycles. The molecule has 0 atom stereocenters. The van der Waals surface area contributed by atoms with E-state index in [2.05, 4.69) is 30.7 Å². The number of aromatic nitrogens is 2. The molecule has 2 rings (SSSR count). The van der Waals surface area contributed by atoms with Crippen molar-refractivity contribution >= 4 is 11.9 Å². The number of carbonyl (C=O) groups excluding carboxylic acids is 2. The molecule has 0 spiro atoms. The molecule has 7 nitrogen and oxygen atoms in total. The number of hydroxylamine groups is 2. The van der Waals surface area contributed by atoms with Crippen molar-refractivity contribution < 1.29 is 19.5 Å². The predicted octanol–water partition coefficient (Wildman–Crippen LogP) is 3.76. The summed E-state index contributed by atoms with van der Waals surface area (Å²) in [4.78, 5) is 32.6. The molecule has 0 radical (unpaired) electrons. The maximum atomic E-state index is 12.4. The van der Waals surface area contributed by atoms with Crippen LogP contribution in [-0.2, 0) is 15.6 Å². The first-order chi connectivity index (χ1) is 13.4. The molecule has 29 heavy (non-hydrogen) atoms. The minimum Gasteiger partial charge on any atom is -0.462 e. The van der Waals surface area contributed by atoms with E-state index in [0.717, 1.165) is 11.1 Å². The lowest BCUT2D eigenvalue weighted by Gasteiger charge is -2.25. The second-order valence-electron chi connectivity index (χ2n) is 8.77. The summed E-state index contributed by atoms with van der Waals surface area (Å²) in [6.45, 7) is 10.4. The Bertz CT molecular complexity index is 886. The maximum absolute atomic E-state index is 12.4. The van der Waals surface area contributed by atoms with Crippen LogP contribution in [0.1, 0.15) is 72.9 Å². The van der Waals surface area contributed by atoms with E-state index in [1.165, 1.54) is 19.4 Å². The molecule has 0 bridgehead atoms. The number of nitrogens with zero attached hydrogens (tertiary/aromatic N) is 3. The Morgan fingerprint density at radius 1 is 0.966 bits per heavy atom. The Balaban J connectivity index is 2.03. The van der Waals surface area contributed by atoms with Gasteiger partial charge in [-0.2, -0.15) is 0 Å². The molecular weight excluding hydrogens is 370 g/mol. The van der Waals surface area contributed by atoms with Crippen LogP contribution in [0.2, 0.25) is 0 Å². The molecule has 156 valence electrons. The van der Waals surface area contributed by atoms with Gasteiger partial charge in [0.15, 0.2) is 0 Å². The normalized spacial score (nSPS) is 11.8. The molecule has 1 amide bonds. The van der Waals surface area contributed by atoms with Crippen LogP contribution in [0.4, 0.5) is 0 Å². The minimum atomic E-state index is -0.534. The van der Waals surface area contributed by atoms with E-state index in [1.54, 1.807) is 18.5 Å². The van der Waals surface area contributed by atoms with Crippen LogP contribution >= 0.6 is 0 Å². The molecule has 0 aliphatic rings. The largest absolute Gasteiger partial charge is 0.462 e. The van der Waals surface area contributed by atoms with Crippen LogP contribution in [0.15, 0.2) is 36.9 Å². The highest BCUT2D eigenvalue weighted by molar-refractivity contribution is 5.93. The van der Waals surface area contributed by atoms with Crippen LogP contribution in [0, 0.1) is 0 Å². The zero-order chi connectivity index (χ0) is 21.8. The van der Waals surface area contributed by atoms with Crippen LogP contribution in [-0.4, -0.2) is 45.8 Å². The lowest BCUT2D eigenvalue weighted by molar-refractivity contribution is -0.0375. The number of amides is 1.